The Labute approximate surface area is 171 Å². The van der Waals surface area contributed by atoms with Gasteiger partial charge in [0.05, 0.1) is 0 Å². The monoisotopic (exact) mass is 395 g/mol. The van der Waals surface area contributed by atoms with E-state index in [-0.39, 0.29) is 24.4 Å². The number of benzene rings is 1. The fourth-order valence-electron chi connectivity index (χ4n) is 6.12. The number of hydrogen-bond donors (Lipinski definition) is 1. The van der Waals surface area contributed by atoms with Gasteiger partial charge in [-0.05, 0) is 62.0 Å². The summed E-state index contributed by atoms with van der Waals surface area (Å²) in [6, 6.07) is 7.70. The number of rotatable bonds is 2. The first-order valence-electron chi connectivity index (χ1n) is 11.1. The molecule has 4 amide bonds. The third-order valence-electron chi connectivity index (χ3n) is 7.51. The van der Waals surface area contributed by atoms with Gasteiger partial charge in [-0.25, -0.2) is 4.79 Å². The first kappa shape index (κ1) is 18.6. The minimum absolute atomic E-state index is 0.0776. The van der Waals surface area contributed by atoms with Crippen LogP contribution in [0.2, 0.25) is 0 Å². The van der Waals surface area contributed by atoms with Gasteiger partial charge in [0.25, 0.3) is 5.91 Å². The molecule has 2 aliphatic carbocycles. The zero-order valence-corrected chi connectivity index (χ0v) is 16.9. The number of nitrogens with one attached hydrogen (secondary N) is 1. The lowest BCUT2D eigenvalue weighted by Crippen LogP contribution is -2.53. The van der Waals surface area contributed by atoms with Gasteiger partial charge in [-0.15, -0.1) is 0 Å². The number of nitrogens with zero attached hydrogens (tertiary/aromatic N) is 2. The lowest BCUT2D eigenvalue weighted by molar-refractivity contribution is -0.143. The molecule has 154 valence electrons. The van der Waals surface area contributed by atoms with Crippen LogP contribution in [0.15, 0.2) is 24.3 Å². The van der Waals surface area contributed by atoms with E-state index in [2.05, 4.69) is 5.32 Å². The number of aryl methyl sites for hydroxylation is 1. The molecule has 1 saturated carbocycles. The maximum Gasteiger partial charge on any atom is 0.325 e. The van der Waals surface area contributed by atoms with Gasteiger partial charge >= 0.3 is 6.03 Å². The number of fused-ring (bicyclic) bond motifs is 3. The minimum atomic E-state index is -0.999. The number of likely N-dealkylation sites (tertiary alicyclic amines) is 1. The summed E-state index contributed by atoms with van der Waals surface area (Å²) in [7, 11) is 0. The van der Waals surface area contributed by atoms with Gasteiger partial charge in [-0.2, -0.15) is 0 Å². The summed E-state index contributed by atoms with van der Waals surface area (Å²) in [6.45, 7) is 0.607. The largest absolute Gasteiger partial charge is 0.338 e. The van der Waals surface area contributed by atoms with Crippen LogP contribution in [0, 0.1) is 5.92 Å². The van der Waals surface area contributed by atoms with Gasteiger partial charge < -0.3 is 10.2 Å². The molecule has 2 aliphatic heterocycles. The zero-order chi connectivity index (χ0) is 20.0. The van der Waals surface area contributed by atoms with Crippen LogP contribution >= 0.6 is 0 Å². The Kier molecular flexibility index (Phi) is 4.60. The fraction of sp³-hybridized carbons (Fsp3) is 0.609. The summed E-state index contributed by atoms with van der Waals surface area (Å²) in [5.74, 6) is 0.243. The number of urea groups is 1. The molecule has 3 atom stereocenters. The summed E-state index contributed by atoms with van der Waals surface area (Å²) in [6.07, 6.45) is 9.21. The highest BCUT2D eigenvalue weighted by Gasteiger charge is 2.54. The molecule has 3 fully saturated rings. The van der Waals surface area contributed by atoms with Crippen molar-refractivity contribution < 1.29 is 14.4 Å². The van der Waals surface area contributed by atoms with Crippen molar-refractivity contribution in [2.45, 2.75) is 69.4 Å². The van der Waals surface area contributed by atoms with Crippen LogP contribution in [0.25, 0.3) is 0 Å². The summed E-state index contributed by atoms with van der Waals surface area (Å²) in [5, 5.41) is 2.96. The van der Waals surface area contributed by atoms with Crippen molar-refractivity contribution >= 4 is 17.8 Å². The van der Waals surface area contributed by atoms with Crippen LogP contribution in [0.5, 0.6) is 0 Å². The van der Waals surface area contributed by atoms with Gasteiger partial charge in [0.15, 0.2) is 0 Å². The Morgan fingerprint density at radius 2 is 1.86 bits per heavy atom. The van der Waals surface area contributed by atoms with Gasteiger partial charge in [-0.1, -0.05) is 37.1 Å². The second kappa shape index (κ2) is 7.15. The highest BCUT2D eigenvalue weighted by Crippen LogP contribution is 2.40. The van der Waals surface area contributed by atoms with Gasteiger partial charge in [0.2, 0.25) is 5.91 Å². The molecule has 2 heterocycles. The Balaban J connectivity index is 1.37. The zero-order valence-electron chi connectivity index (χ0n) is 16.9. The average molecular weight is 396 g/mol. The SMILES string of the molecule is O=C1N[C@@]2(CCCc3ccccc32)C(=O)N1CC(=O)N1CCC[C@@H]2CCCC[C@@H]21. The van der Waals surface area contributed by atoms with Crippen molar-refractivity contribution in [1.82, 2.24) is 15.1 Å². The Morgan fingerprint density at radius 3 is 2.76 bits per heavy atom. The first-order valence-corrected chi connectivity index (χ1v) is 11.1. The van der Waals surface area contributed by atoms with Gasteiger partial charge in [-0.3, -0.25) is 14.5 Å². The highest BCUT2D eigenvalue weighted by atomic mass is 16.2. The van der Waals surface area contributed by atoms with Crippen molar-refractivity contribution in [3.05, 3.63) is 35.4 Å². The first-order chi connectivity index (χ1) is 14.1. The molecule has 2 saturated heterocycles. The molecule has 1 N–H and O–H groups in total. The molecule has 0 radical (unpaired) electrons. The predicted octanol–water partition coefficient (Wildman–Crippen LogP) is 2.95. The second-order valence-corrected chi connectivity index (χ2v) is 9.08. The molecular weight excluding hydrogens is 366 g/mol. The van der Waals surface area contributed by atoms with E-state index in [1.165, 1.54) is 19.3 Å². The normalized spacial score (nSPS) is 31.4. The molecule has 0 unspecified atom stereocenters. The van der Waals surface area contributed by atoms with Crippen LogP contribution in [0.3, 0.4) is 0 Å². The lowest BCUT2D eigenvalue weighted by Gasteiger charge is -2.44. The van der Waals surface area contributed by atoms with Crippen LogP contribution < -0.4 is 5.32 Å². The highest BCUT2D eigenvalue weighted by molar-refractivity contribution is 6.09. The number of imide groups is 1. The fourth-order valence-corrected chi connectivity index (χ4v) is 6.12. The van der Waals surface area contributed by atoms with E-state index in [9.17, 15) is 14.4 Å². The standard InChI is InChI=1S/C23H29N3O3/c27-20(25-14-6-10-17-8-2-4-12-19(17)25)15-26-21(28)23(24-22(26)29)13-5-9-16-7-1-3-11-18(16)23/h1,3,7,11,17,19H,2,4-6,8-10,12-15H2,(H,24,29)/t17-,19-,23+/m0/s1. The number of amides is 4. The molecule has 0 bridgehead atoms. The van der Waals surface area contributed by atoms with E-state index < -0.39 is 11.6 Å². The summed E-state index contributed by atoms with van der Waals surface area (Å²) in [5.41, 5.74) is 1.01. The molecule has 1 spiro atoms. The number of carbonyl (C=O) groups is 3. The van der Waals surface area contributed by atoms with Crippen LogP contribution in [-0.4, -0.2) is 46.8 Å². The number of piperidine rings is 1. The molecule has 1 aromatic rings. The lowest BCUT2D eigenvalue weighted by atomic mass is 9.76. The third-order valence-corrected chi connectivity index (χ3v) is 7.51. The van der Waals surface area contributed by atoms with Crippen molar-refractivity contribution in [3.63, 3.8) is 0 Å². The molecule has 6 heteroatoms. The molecule has 5 rings (SSSR count). The van der Waals surface area contributed by atoms with Crippen LogP contribution in [0.1, 0.15) is 62.5 Å². The van der Waals surface area contributed by atoms with Gasteiger partial charge in [0.1, 0.15) is 12.1 Å². The average Bonchev–Trinajstić information content (AvgIpc) is 2.98. The Morgan fingerprint density at radius 1 is 1.07 bits per heavy atom. The second-order valence-electron chi connectivity index (χ2n) is 9.08. The van der Waals surface area contributed by atoms with E-state index in [0.29, 0.717) is 12.3 Å². The smallest absolute Gasteiger partial charge is 0.325 e. The van der Waals surface area contributed by atoms with Crippen LogP contribution in [0.4, 0.5) is 4.79 Å². The summed E-state index contributed by atoms with van der Waals surface area (Å²) < 4.78 is 0. The van der Waals surface area contributed by atoms with Crippen molar-refractivity contribution in [2.75, 3.05) is 13.1 Å². The van der Waals surface area contributed by atoms with E-state index in [0.717, 1.165) is 54.7 Å². The maximum atomic E-state index is 13.4. The molecule has 6 nitrogen and oxygen atoms in total. The van der Waals surface area contributed by atoms with E-state index in [1.54, 1.807) is 0 Å². The maximum absolute atomic E-state index is 13.4. The molecule has 1 aromatic carbocycles. The van der Waals surface area contributed by atoms with E-state index >= 15 is 0 Å². The predicted molar refractivity (Wildman–Crippen MR) is 108 cm³/mol. The van der Waals surface area contributed by atoms with Gasteiger partial charge in [0, 0.05) is 12.6 Å². The summed E-state index contributed by atoms with van der Waals surface area (Å²) in [4.78, 5) is 42.5. The summed E-state index contributed by atoms with van der Waals surface area (Å²) >= 11 is 0. The molecule has 4 aliphatic rings. The van der Waals surface area contributed by atoms with E-state index in [4.69, 9.17) is 0 Å². The van der Waals surface area contributed by atoms with Crippen LogP contribution in [-0.2, 0) is 21.5 Å². The van der Waals surface area contributed by atoms with Crippen molar-refractivity contribution in [1.29, 1.82) is 0 Å². The topological polar surface area (TPSA) is 69.7 Å². The Bertz CT molecular complexity index is 852. The van der Waals surface area contributed by atoms with Crippen molar-refractivity contribution in [3.8, 4) is 0 Å². The Hall–Kier alpha value is -2.37. The molecule has 29 heavy (non-hydrogen) atoms. The number of carbonyl (C=O) groups excluding carboxylic acids is 3. The quantitative estimate of drug-likeness (QED) is 0.783. The molecule has 0 aromatic heterocycles. The van der Waals surface area contributed by atoms with Crippen molar-refractivity contribution in [2.24, 2.45) is 5.92 Å². The minimum Gasteiger partial charge on any atom is -0.338 e. The third kappa shape index (κ3) is 2.95. The van der Waals surface area contributed by atoms with E-state index in [1.807, 2.05) is 29.2 Å². The number of hydrogen-bond acceptors (Lipinski definition) is 3. The molecular formula is C23H29N3O3.